The fourth-order valence-corrected chi connectivity index (χ4v) is 2.95. The van der Waals surface area contributed by atoms with E-state index in [-0.39, 0.29) is 11.8 Å². The highest BCUT2D eigenvalue weighted by Gasteiger charge is 2.29. The fourth-order valence-electron chi connectivity index (χ4n) is 2.95. The molecular formula is C17H13NO2. The van der Waals surface area contributed by atoms with E-state index in [1.54, 1.807) is 6.26 Å². The van der Waals surface area contributed by atoms with E-state index >= 15 is 0 Å². The Morgan fingerprint density at radius 3 is 2.80 bits per heavy atom. The summed E-state index contributed by atoms with van der Waals surface area (Å²) in [5, 5.41) is 5.22. The predicted molar refractivity (Wildman–Crippen MR) is 77.7 cm³/mol. The molecule has 2 heterocycles. The Labute approximate surface area is 116 Å². The van der Waals surface area contributed by atoms with Crippen molar-refractivity contribution >= 4 is 22.4 Å². The van der Waals surface area contributed by atoms with Crippen molar-refractivity contribution in [1.29, 1.82) is 0 Å². The Morgan fingerprint density at radius 2 is 1.95 bits per heavy atom. The number of carbonyl (C=O) groups excluding carboxylic acids is 1. The molecule has 1 amide bonds. The number of furan rings is 1. The average Bonchev–Trinajstić information content (AvgIpc) is 3.00. The van der Waals surface area contributed by atoms with E-state index in [0.717, 1.165) is 27.8 Å². The molecule has 0 unspecified atom stereocenters. The zero-order valence-electron chi connectivity index (χ0n) is 10.8. The third-order valence-corrected chi connectivity index (χ3v) is 3.88. The highest BCUT2D eigenvalue weighted by molar-refractivity contribution is 6.06. The van der Waals surface area contributed by atoms with Crippen molar-refractivity contribution in [3.8, 4) is 0 Å². The first-order valence-corrected chi connectivity index (χ1v) is 6.68. The monoisotopic (exact) mass is 263 g/mol. The second-order valence-electron chi connectivity index (χ2n) is 5.07. The van der Waals surface area contributed by atoms with Crippen LogP contribution in [0.15, 0.2) is 59.2 Å². The molecule has 1 N–H and O–H groups in total. The van der Waals surface area contributed by atoms with Gasteiger partial charge in [0, 0.05) is 11.8 Å². The quantitative estimate of drug-likeness (QED) is 0.723. The number of amides is 1. The maximum atomic E-state index is 12.0. The summed E-state index contributed by atoms with van der Waals surface area (Å²) in [6.45, 7) is 0. The normalized spacial score (nSPS) is 17.8. The van der Waals surface area contributed by atoms with Crippen LogP contribution in [0.2, 0.25) is 0 Å². The first-order chi connectivity index (χ1) is 9.83. The summed E-state index contributed by atoms with van der Waals surface area (Å²) in [5.74, 6) is 0.880. The number of nitrogens with one attached hydrogen (secondary N) is 1. The first-order valence-electron chi connectivity index (χ1n) is 6.68. The zero-order valence-corrected chi connectivity index (χ0v) is 10.8. The molecule has 1 aliphatic heterocycles. The van der Waals surface area contributed by atoms with Crippen molar-refractivity contribution in [1.82, 2.24) is 0 Å². The lowest BCUT2D eigenvalue weighted by molar-refractivity contribution is -0.116. The average molecular weight is 263 g/mol. The second-order valence-corrected chi connectivity index (χ2v) is 5.07. The van der Waals surface area contributed by atoms with E-state index in [1.807, 2.05) is 30.3 Å². The molecule has 0 bridgehead atoms. The lowest BCUT2D eigenvalue weighted by Gasteiger charge is -2.25. The number of benzene rings is 2. The molecule has 0 aliphatic carbocycles. The molecule has 98 valence electrons. The molecule has 1 atom stereocenters. The van der Waals surface area contributed by atoms with Gasteiger partial charge in [-0.05, 0) is 23.1 Å². The van der Waals surface area contributed by atoms with Crippen molar-refractivity contribution in [2.45, 2.75) is 12.3 Å². The van der Waals surface area contributed by atoms with Crippen LogP contribution in [0.25, 0.3) is 10.8 Å². The van der Waals surface area contributed by atoms with Gasteiger partial charge in [0.05, 0.1) is 17.9 Å². The summed E-state index contributed by atoms with van der Waals surface area (Å²) < 4.78 is 5.51. The standard InChI is InChI=1S/C17H13NO2/c19-16-10-14(15-6-3-9-20-15)13-8-7-11-4-1-2-5-12(11)17(13)18-16/h1-9,14H,10H2,(H,18,19)/t14-/m0/s1. The van der Waals surface area contributed by atoms with E-state index in [2.05, 4.69) is 23.5 Å². The van der Waals surface area contributed by atoms with Gasteiger partial charge in [0.15, 0.2) is 0 Å². The van der Waals surface area contributed by atoms with Gasteiger partial charge in [-0.25, -0.2) is 0 Å². The van der Waals surface area contributed by atoms with E-state index in [0.29, 0.717) is 6.42 Å². The van der Waals surface area contributed by atoms with Crippen LogP contribution >= 0.6 is 0 Å². The van der Waals surface area contributed by atoms with Gasteiger partial charge in [-0.1, -0.05) is 36.4 Å². The molecule has 0 spiro atoms. The van der Waals surface area contributed by atoms with Gasteiger partial charge >= 0.3 is 0 Å². The van der Waals surface area contributed by atoms with Crippen molar-refractivity contribution < 1.29 is 9.21 Å². The molecule has 0 radical (unpaired) electrons. The molecule has 3 aromatic rings. The molecule has 4 rings (SSSR count). The smallest absolute Gasteiger partial charge is 0.225 e. The Hall–Kier alpha value is -2.55. The van der Waals surface area contributed by atoms with Gasteiger partial charge in [-0.2, -0.15) is 0 Å². The molecule has 20 heavy (non-hydrogen) atoms. The number of anilines is 1. The molecule has 3 nitrogen and oxygen atoms in total. The topological polar surface area (TPSA) is 42.2 Å². The van der Waals surface area contributed by atoms with Gasteiger partial charge < -0.3 is 9.73 Å². The van der Waals surface area contributed by atoms with Crippen LogP contribution in [0.4, 0.5) is 5.69 Å². The Balaban J connectivity index is 1.97. The maximum Gasteiger partial charge on any atom is 0.225 e. The largest absolute Gasteiger partial charge is 0.469 e. The van der Waals surface area contributed by atoms with Crippen LogP contribution in [0, 0.1) is 0 Å². The second kappa shape index (κ2) is 4.23. The SMILES string of the molecule is O=C1C[C@H](c2ccco2)c2ccc3ccccc3c2N1. The molecule has 3 heteroatoms. The third-order valence-electron chi connectivity index (χ3n) is 3.88. The van der Waals surface area contributed by atoms with E-state index in [4.69, 9.17) is 4.42 Å². The van der Waals surface area contributed by atoms with E-state index in [1.165, 1.54) is 0 Å². The van der Waals surface area contributed by atoms with Crippen molar-refractivity contribution in [3.63, 3.8) is 0 Å². The predicted octanol–water partition coefficient (Wildman–Crippen LogP) is 3.91. The van der Waals surface area contributed by atoms with Crippen LogP contribution in [0.1, 0.15) is 23.7 Å². The molecule has 1 aromatic heterocycles. The summed E-state index contributed by atoms with van der Waals surface area (Å²) >= 11 is 0. The summed E-state index contributed by atoms with van der Waals surface area (Å²) in [5.41, 5.74) is 2.04. The molecule has 1 aliphatic rings. The summed E-state index contributed by atoms with van der Waals surface area (Å²) in [7, 11) is 0. The van der Waals surface area contributed by atoms with E-state index in [9.17, 15) is 4.79 Å². The molecule has 0 saturated carbocycles. The minimum absolute atomic E-state index is 0.00152. The van der Waals surface area contributed by atoms with Gasteiger partial charge in [0.2, 0.25) is 5.91 Å². The number of rotatable bonds is 1. The number of hydrogen-bond donors (Lipinski definition) is 1. The van der Waals surface area contributed by atoms with E-state index < -0.39 is 0 Å². The van der Waals surface area contributed by atoms with Crippen LogP contribution in [-0.2, 0) is 4.79 Å². The summed E-state index contributed by atoms with van der Waals surface area (Å²) in [6.07, 6.45) is 2.08. The lowest BCUT2D eigenvalue weighted by Crippen LogP contribution is -2.23. The summed E-state index contributed by atoms with van der Waals surface area (Å²) in [4.78, 5) is 12.0. The lowest BCUT2D eigenvalue weighted by atomic mass is 9.86. The van der Waals surface area contributed by atoms with Gasteiger partial charge in [0.1, 0.15) is 5.76 Å². The van der Waals surface area contributed by atoms with Crippen LogP contribution < -0.4 is 5.32 Å². The number of carbonyl (C=O) groups is 1. The molecule has 0 saturated heterocycles. The fraction of sp³-hybridized carbons (Fsp3) is 0.118. The highest BCUT2D eigenvalue weighted by atomic mass is 16.3. The van der Waals surface area contributed by atoms with Crippen molar-refractivity contribution in [3.05, 3.63) is 66.1 Å². The van der Waals surface area contributed by atoms with Gasteiger partial charge in [-0.15, -0.1) is 0 Å². The van der Waals surface area contributed by atoms with Gasteiger partial charge in [0.25, 0.3) is 0 Å². The molecule has 2 aromatic carbocycles. The van der Waals surface area contributed by atoms with Crippen LogP contribution in [0.3, 0.4) is 0 Å². The number of fused-ring (bicyclic) bond motifs is 3. The highest BCUT2D eigenvalue weighted by Crippen LogP contribution is 2.40. The van der Waals surface area contributed by atoms with Crippen molar-refractivity contribution in [2.24, 2.45) is 0 Å². The third kappa shape index (κ3) is 1.63. The minimum atomic E-state index is -0.00152. The minimum Gasteiger partial charge on any atom is -0.469 e. The maximum absolute atomic E-state index is 12.0. The van der Waals surface area contributed by atoms with Gasteiger partial charge in [-0.3, -0.25) is 4.79 Å². The van der Waals surface area contributed by atoms with Crippen LogP contribution in [-0.4, -0.2) is 5.91 Å². The van der Waals surface area contributed by atoms with Crippen LogP contribution in [0.5, 0.6) is 0 Å². The number of hydrogen-bond acceptors (Lipinski definition) is 2. The first kappa shape index (κ1) is 11.3. The van der Waals surface area contributed by atoms with Crippen molar-refractivity contribution in [2.75, 3.05) is 5.32 Å². The summed E-state index contributed by atoms with van der Waals surface area (Å²) in [6, 6.07) is 16.1. The molecular weight excluding hydrogens is 250 g/mol. The zero-order chi connectivity index (χ0) is 13.5. The molecule has 0 fully saturated rings. The Kier molecular flexibility index (Phi) is 2.39. The Morgan fingerprint density at radius 1 is 1.05 bits per heavy atom. The Bertz CT molecular complexity index is 790.